The second-order valence-corrected chi connectivity index (χ2v) is 8.83. The number of rotatable bonds is 13. The van der Waals surface area contributed by atoms with Crippen molar-refractivity contribution in [3.8, 4) is 0 Å². The summed E-state index contributed by atoms with van der Waals surface area (Å²) in [5.74, 6) is 1.45. The Bertz CT molecular complexity index is 816. The number of hydrogen-bond acceptors (Lipinski definition) is 5. The summed E-state index contributed by atoms with van der Waals surface area (Å²) in [7, 11) is 3.94. The highest BCUT2D eigenvalue weighted by molar-refractivity contribution is 8.02. The van der Waals surface area contributed by atoms with Gasteiger partial charge in [-0.2, -0.15) is 0 Å². The number of amidine groups is 1. The van der Waals surface area contributed by atoms with E-state index in [0.717, 1.165) is 40.7 Å². The van der Waals surface area contributed by atoms with Crippen molar-refractivity contribution in [2.24, 2.45) is 4.99 Å². The fourth-order valence-electron chi connectivity index (χ4n) is 2.76. The number of carbonyl (C=O) groups excluding carboxylic acids is 1. The van der Waals surface area contributed by atoms with Gasteiger partial charge in [0.05, 0.1) is 24.7 Å². The zero-order valence-electron chi connectivity index (χ0n) is 20.0. The Hall–Kier alpha value is -2.51. The third-order valence-electron chi connectivity index (χ3n) is 4.57. The Morgan fingerprint density at radius 1 is 1.31 bits per heavy atom. The number of allylic oxidation sites excluding steroid dienone is 4. The second kappa shape index (κ2) is 15.3. The molecule has 0 aliphatic heterocycles. The normalized spacial score (nSPS) is 13.2. The molecule has 176 valence electrons. The summed E-state index contributed by atoms with van der Waals surface area (Å²) in [4.78, 5) is 20.3. The van der Waals surface area contributed by atoms with Crippen LogP contribution in [-0.4, -0.2) is 54.4 Å². The zero-order chi connectivity index (χ0) is 23.9. The van der Waals surface area contributed by atoms with Gasteiger partial charge < -0.3 is 20.6 Å². The Balaban J connectivity index is 3.01. The topological polar surface area (TPSA) is 77.0 Å². The number of amides is 1. The van der Waals surface area contributed by atoms with Crippen LogP contribution < -0.4 is 10.6 Å². The van der Waals surface area contributed by atoms with E-state index < -0.39 is 0 Å². The number of nitrogens with zero attached hydrogens (tertiary/aromatic N) is 2. The van der Waals surface area contributed by atoms with E-state index in [1.54, 1.807) is 30.8 Å². The van der Waals surface area contributed by atoms with Gasteiger partial charge in [-0.25, -0.2) is 0 Å². The van der Waals surface area contributed by atoms with Crippen molar-refractivity contribution in [2.45, 2.75) is 46.2 Å². The molecule has 0 bridgehead atoms. The van der Waals surface area contributed by atoms with Crippen molar-refractivity contribution in [3.63, 3.8) is 0 Å². The van der Waals surface area contributed by atoms with Crippen molar-refractivity contribution in [1.29, 1.82) is 0 Å². The van der Waals surface area contributed by atoms with Gasteiger partial charge in [-0.3, -0.25) is 9.79 Å². The number of carbonyl (C=O) groups is 1. The average molecular weight is 459 g/mol. The molecule has 1 rings (SSSR count). The minimum absolute atomic E-state index is 0.0887. The van der Waals surface area contributed by atoms with E-state index in [2.05, 4.69) is 40.3 Å². The van der Waals surface area contributed by atoms with Gasteiger partial charge in [-0.05, 0) is 56.2 Å². The molecule has 7 heteroatoms. The van der Waals surface area contributed by atoms with Crippen molar-refractivity contribution in [3.05, 3.63) is 70.8 Å². The number of aliphatic hydroxyl groups excluding tert-OH is 1. The monoisotopic (exact) mass is 458 g/mol. The van der Waals surface area contributed by atoms with Crippen molar-refractivity contribution in [1.82, 2.24) is 15.5 Å². The fourth-order valence-corrected chi connectivity index (χ4v) is 3.29. The minimum atomic E-state index is -0.276. The average Bonchev–Trinajstić information content (AvgIpc) is 2.79. The number of hydrogen-bond donors (Lipinski definition) is 3. The van der Waals surface area contributed by atoms with Gasteiger partial charge in [0.1, 0.15) is 5.84 Å². The molecule has 0 aliphatic rings. The zero-order valence-corrected chi connectivity index (χ0v) is 20.8. The number of thioether (sulfide) groups is 1. The molecule has 32 heavy (non-hydrogen) atoms. The number of likely N-dealkylation sites (N-methyl/N-ethyl adjacent to an activating group) is 2. The summed E-state index contributed by atoms with van der Waals surface area (Å²) in [5.41, 5.74) is 2.57. The summed E-state index contributed by atoms with van der Waals surface area (Å²) in [6.45, 7) is 10.2. The van der Waals surface area contributed by atoms with Gasteiger partial charge in [0.25, 0.3) is 5.91 Å². The molecule has 1 unspecified atom stereocenters. The molecule has 0 spiro atoms. The van der Waals surface area contributed by atoms with Crippen LogP contribution in [0.3, 0.4) is 0 Å². The smallest absolute Gasteiger partial charge is 0.251 e. The Labute approximate surface area is 197 Å². The van der Waals surface area contributed by atoms with Gasteiger partial charge in [0.15, 0.2) is 0 Å². The minimum Gasteiger partial charge on any atom is -0.394 e. The molecule has 1 amide bonds. The maximum absolute atomic E-state index is 12.2. The molecule has 0 fully saturated rings. The summed E-state index contributed by atoms with van der Waals surface area (Å²) in [6.07, 6.45) is 8.30. The maximum atomic E-state index is 12.2. The number of aliphatic hydroxyl groups is 1. The first-order chi connectivity index (χ1) is 15.3. The van der Waals surface area contributed by atoms with Crippen LogP contribution >= 0.6 is 11.8 Å². The Kier molecular flexibility index (Phi) is 13.2. The third-order valence-corrected chi connectivity index (χ3v) is 5.58. The van der Waals surface area contributed by atoms with E-state index in [-0.39, 0.29) is 18.6 Å². The molecule has 1 atom stereocenters. The lowest BCUT2D eigenvalue weighted by atomic mass is 10.1. The fraction of sp³-hybridized carbons (Fsp3) is 0.440. The van der Waals surface area contributed by atoms with Gasteiger partial charge in [-0.15, -0.1) is 11.8 Å². The highest BCUT2D eigenvalue weighted by atomic mass is 32.2. The highest BCUT2D eigenvalue weighted by Crippen LogP contribution is 2.16. The van der Waals surface area contributed by atoms with Crippen molar-refractivity contribution < 1.29 is 9.90 Å². The second-order valence-electron chi connectivity index (χ2n) is 7.58. The molecule has 1 aromatic rings. The van der Waals surface area contributed by atoms with Crippen molar-refractivity contribution >= 4 is 23.5 Å². The molecule has 0 radical (unpaired) electrons. The first-order valence-corrected chi connectivity index (χ1v) is 11.8. The SMILES string of the molecule is C=C(C)SCN(C)C(=NCc1ccc(C(=O)NC(C)CO)cc1)/C(=C/CC/C=C\C)NC. The standard InChI is InChI=1S/C25H38N4O2S/c1-7-8-9-10-11-23(26-5)24(29(6)18-32-19(2)3)27-16-21-12-14-22(15-13-21)25(31)28-20(4)17-30/h7-8,11-15,20,26,30H,2,9-10,16-18H2,1,3-6H3,(H,28,31)/b8-7-,23-11-,27-24?. The van der Waals surface area contributed by atoms with E-state index in [9.17, 15) is 4.79 Å². The first-order valence-electron chi connectivity index (χ1n) is 10.9. The molecule has 1 aromatic carbocycles. The lowest BCUT2D eigenvalue weighted by Crippen LogP contribution is -2.34. The van der Waals surface area contributed by atoms with Gasteiger partial charge in [0, 0.05) is 25.7 Å². The summed E-state index contributed by atoms with van der Waals surface area (Å²) >= 11 is 1.68. The number of benzene rings is 1. The predicted octanol–water partition coefficient (Wildman–Crippen LogP) is 4.31. The first kappa shape index (κ1) is 27.5. The Morgan fingerprint density at radius 2 is 2.00 bits per heavy atom. The van der Waals surface area contributed by atoms with Crippen LogP contribution in [0.1, 0.15) is 49.5 Å². The molecule has 6 nitrogen and oxygen atoms in total. The molecule has 0 aromatic heterocycles. The summed E-state index contributed by atoms with van der Waals surface area (Å²) < 4.78 is 0. The van der Waals surface area contributed by atoms with Crippen LogP contribution in [0.5, 0.6) is 0 Å². The van der Waals surface area contributed by atoms with E-state index in [1.807, 2.05) is 40.1 Å². The van der Waals surface area contributed by atoms with Crippen LogP contribution in [0.4, 0.5) is 0 Å². The van der Waals surface area contributed by atoms with Gasteiger partial charge in [-0.1, -0.05) is 36.9 Å². The molecule has 3 N–H and O–H groups in total. The maximum Gasteiger partial charge on any atom is 0.251 e. The summed E-state index contributed by atoms with van der Waals surface area (Å²) in [5, 5.41) is 15.1. The van der Waals surface area contributed by atoms with Gasteiger partial charge >= 0.3 is 0 Å². The number of unbranched alkanes of at least 4 members (excludes halogenated alkanes) is 1. The van der Waals surface area contributed by atoms with Crippen molar-refractivity contribution in [2.75, 3.05) is 26.6 Å². The van der Waals surface area contributed by atoms with E-state index in [4.69, 9.17) is 10.1 Å². The van der Waals surface area contributed by atoms with Crippen LogP contribution in [0.25, 0.3) is 0 Å². The third kappa shape index (κ3) is 10.2. The lowest BCUT2D eigenvalue weighted by molar-refractivity contribution is 0.0922. The molecule has 0 saturated carbocycles. The highest BCUT2D eigenvalue weighted by Gasteiger charge is 2.12. The summed E-state index contributed by atoms with van der Waals surface area (Å²) in [6, 6.07) is 7.13. The molecule has 0 heterocycles. The lowest BCUT2D eigenvalue weighted by Gasteiger charge is -2.23. The molecule has 0 aliphatic carbocycles. The van der Waals surface area contributed by atoms with Crippen LogP contribution in [0.2, 0.25) is 0 Å². The largest absolute Gasteiger partial charge is 0.394 e. The van der Waals surface area contributed by atoms with Crippen LogP contribution in [0, 0.1) is 0 Å². The number of nitrogens with one attached hydrogen (secondary N) is 2. The number of aliphatic imine (C=N–C) groups is 1. The molecular weight excluding hydrogens is 420 g/mol. The quantitative estimate of drug-likeness (QED) is 0.135. The van der Waals surface area contributed by atoms with Crippen LogP contribution in [0.15, 0.2) is 64.7 Å². The molecular formula is C25H38N4O2S. The van der Waals surface area contributed by atoms with Crippen LogP contribution in [-0.2, 0) is 6.54 Å². The van der Waals surface area contributed by atoms with E-state index in [0.29, 0.717) is 12.1 Å². The van der Waals surface area contributed by atoms with E-state index >= 15 is 0 Å². The predicted molar refractivity (Wildman–Crippen MR) is 138 cm³/mol. The van der Waals surface area contributed by atoms with E-state index in [1.165, 1.54) is 0 Å². The van der Waals surface area contributed by atoms with Gasteiger partial charge in [0.2, 0.25) is 0 Å². The molecule has 0 saturated heterocycles. The Morgan fingerprint density at radius 3 is 2.56 bits per heavy atom.